The first-order chi connectivity index (χ1) is 3.72. The fraction of sp³-hybridized carbons (Fsp3) is 0.400. The molecule has 1 N–H and O–H groups in total. The molecule has 0 saturated heterocycles. The van der Waals surface area contributed by atoms with Crippen molar-refractivity contribution < 1.29 is 9.90 Å². The Labute approximate surface area is 52.8 Å². The lowest BCUT2D eigenvalue weighted by atomic mass is 10.2. The Bertz CT molecular complexity index is 118. The van der Waals surface area contributed by atoms with E-state index in [1.807, 2.05) is 0 Å². The molecule has 0 fully saturated rings. The minimum Gasteiger partial charge on any atom is -0.478 e. The molecule has 0 aliphatic carbocycles. The van der Waals surface area contributed by atoms with E-state index in [2.05, 4.69) is 0 Å². The van der Waals surface area contributed by atoms with Gasteiger partial charge in [0.2, 0.25) is 0 Å². The van der Waals surface area contributed by atoms with Gasteiger partial charge in [0.1, 0.15) is 0 Å². The van der Waals surface area contributed by atoms with Gasteiger partial charge in [-0.2, -0.15) is 0 Å². The second kappa shape index (κ2) is 3.50. The van der Waals surface area contributed by atoms with Crippen LogP contribution < -0.4 is 0 Å². The first-order valence-electron chi connectivity index (χ1n) is 2.25. The van der Waals surface area contributed by atoms with Crippen LogP contribution in [0.1, 0.15) is 13.3 Å². The van der Waals surface area contributed by atoms with Crippen LogP contribution in [0.5, 0.6) is 0 Å². The van der Waals surface area contributed by atoms with Gasteiger partial charge in [0.15, 0.2) is 0 Å². The minimum atomic E-state index is -0.942. The molecule has 0 aliphatic rings. The second-order valence-electron chi connectivity index (χ2n) is 1.29. The number of carbonyl (C=O) groups is 1. The minimum absolute atomic E-state index is 0.242. The van der Waals surface area contributed by atoms with E-state index >= 15 is 0 Å². The van der Waals surface area contributed by atoms with Gasteiger partial charge in [-0.05, 0) is 6.42 Å². The topological polar surface area (TPSA) is 37.3 Å². The van der Waals surface area contributed by atoms with Crippen molar-refractivity contribution in [3.05, 3.63) is 11.1 Å². The number of carboxylic acids is 1. The SMILES string of the molecule is CC/C(=C/Cl)C(=O)O. The van der Waals surface area contributed by atoms with Crippen LogP contribution in [0.3, 0.4) is 0 Å². The van der Waals surface area contributed by atoms with Crippen molar-refractivity contribution >= 4 is 17.6 Å². The maximum atomic E-state index is 10.0. The maximum absolute atomic E-state index is 10.0. The molecule has 0 heterocycles. The van der Waals surface area contributed by atoms with Crippen LogP contribution in [0.4, 0.5) is 0 Å². The molecule has 0 saturated carbocycles. The maximum Gasteiger partial charge on any atom is 0.332 e. The number of aliphatic carboxylic acids is 1. The molecule has 0 aliphatic heterocycles. The highest BCUT2D eigenvalue weighted by molar-refractivity contribution is 6.27. The summed E-state index contributed by atoms with van der Waals surface area (Å²) >= 11 is 5.12. The third kappa shape index (κ3) is 1.98. The Kier molecular flexibility index (Phi) is 3.28. The third-order valence-electron chi connectivity index (χ3n) is 0.787. The molecule has 0 aromatic heterocycles. The molecule has 8 heavy (non-hydrogen) atoms. The number of halogens is 1. The highest BCUT2D eigenvalue weighted by Crippen LogP contribution is 2.00. The summed E-state index contributed by atoms with van der Waals surface area (Å²) in [7, 11) is 0. The molecule has 0 amide bonds. The van der Waals surface area contributed by atoms with Crippen molar-refractivity contribution in [3.63, 3.8) is 0 Å². The van der Waals surface area contributed by atoms with Crippen LogP contribution in [0.2, 0.25) is 0 Å². The Morgan fingerprint density at radius 2 is 2.38 bits per heavy atom. The molecule has 0 radical (unpaired) electrons. The molecule has 0 spiro atoms. The number of carboxylic acid groups (broad SMARTS) is 1. The van der Waals surface area contributed by atoms with Gasteiger partial charge in [-0.1, -0.05) is 18.5 Å². The summed E-state index contributed by atoms with van der Waals surface area (Å²) in [6.07, 6.45) is 0.471. The van der Waals surface area contributed by atoms with Crippen LogP contribution >= 0.6 is 11.6 Å². The Morgan fingerprint density at radius 3 is 2.38 bits per heavy atom. The quantitative estimate of drug-likeness (QED) is 0.583. The number of hydrogen-bond donors (Lipinski definition) is 1. The van der Waals surface area contributed by atoms with Crippen LogP contribution in [-0.2, 0) is 4.79 Å². The molecular formula is C5H7ClO2. The summed E-state index contributed by atoms with van der Waals surface area (Å²) in [5.41, 5.74) is 1.33. The van der Waals surface area contributed by atoms with Gasteiger partial charge < -0.3 is 5.11 Å². The largest absolute Gasteiger partial charge is 0.478 e. The van der Waals surface area contributed by atoms with Crippen LogP contribution in [-0.4, -0.2) is 11.1 Å². The van der Waals surface area contributed by atoms with Gasteiger partial charge in [0.05, 0.1) is 0 Å². The summed E-state index contributed by atoms with van der Waals surface area (Å²) in [4.78, 5) is 10.0. The zero-order valence-corrected chi connectivity index (χ0v) is 5.27. The van der Waals surface area contributed by atoms with E-state index < -0.39 is 5.97 Å². The first-order valence-corrected chi connectivity index (χ1v) is 2.68. The molecule has 0 atom stereocenters. The van der Waals surface area contributed by atoms with E-state index in [9.17, 15) is 4.79 Å². The van der Waals surface area contributed by atoms with E-state index in [0.717, 1.165) is 5.54 Å². The Balaban J connectivity index is 3.92. The standard InChI is InChI=1S/C5H7ClO2/c1-2-4(3-6)5(7)8/h3H,2H2,1H3,(H,7,8)/b4-3-. The van der Waals surface area contributed by atoms with Crippen molar-refractivity contribution in [2.24, 2.45) is 0 Å². The molecule has 2 nitrogen and oxygen atoms in total. The van der Waals surface area contributed by atoms with Gasteiger partial charge in [-0.15, -0.1) is 0 Å². The third-order valence-corrected chi connectivity index (χ3v) is 1.05. The lowest BCUT2D eigenvalue weighted by Gasteiger charge is -1.89. The Hall–Kier alpha value is -0.500. The van der Waals surface area contributed by atoms with Gasteiger partial charge in [0.25, 0.3) is 0 Å². The van der Waals surface area contributed by atoms with Crippen LogP contribution in [0, 0.1) is 0 Å². The molecule has 0 unspecified atom stereocenters. The van der Waals surface area contributed by atoms with E-state index in [-0.39, 0.29) is 5.57 Å². The van der Waals surface area contributed by atoms with Crippen molar-refractivity contribution in [3.8, 4) is 0 Å². The summed E-state index contributed by atoms with van der Waals surface area (Å²) < 4.78 is 0. The first kappa shape index (κ1) is 7.50. The highest BCUT2D eigenvalue weighted by atomic mass is 35.5. The van der Waals surface area contributed by atoms with E-state index in [4.69, 9.17) is 16.7 Å². The lowest BCUT2D eigenvalue weighted by Crippen LogP contribution is -1.97. The molecule has 0 bridgehead atoms. The Morgan fingerprint density at radius 1 is 1.88 bits per heavy atom. The lowest BCUT2D eigenvalue weighted by molar-refractivity contribution is -0.132. The molecule has 0 rings (SSSR count). The fourth-order valence-corrected chi connectivity index (χ4v) is 0.523. The summed E-state index contributed by atoms with van der Waals surface area (Å²) in [5, 5.41) is 8.22. The van der Waals surface area contributed by atoms with Crippen molar-refractivity contribution in [1.29, 1.82) is 0 Å². The summed E-state index contributed by atoms with van der Waals surface area (Å²) in [6, 6.07) is 0. The van der Waals surface area contributed by atoms with Crippen molar-refractivity contribution in [2.45, 2.75) is 13.3 Å². The predicted octanol–water partition coefficient (Wildman–Crippen LogP) is 1.60. The number of rotatable bonds is 2. The molecule has 3 heteroatoms. The molecule has 46 valence electrons. The number of hydrogen-bond acceptors (Lipinski definition) is 1. The smallest absolute Gasteiger partial charge is 0.332 e. The van der Waals surface area contributed by atoms with Crippen LogP contribution in [0.15, 0.2) is 11.1 Å². The van der Waals surface area contributed by atoms with Crippen LogP contribution in [0.25, 0.3) is 0 Å². The second-order valence-corrected chi connectivity index (χ2v) is 1.51. The summed E-state index contributed by atoms with van der Waals surface area (Å²) in [6.45, 7) is 1.74. The van der Waals surface area contributed by atoms with Gasteiger partial charge in [-0.25, -0.2) is 4.79 Å². The molecule has 0 aromatic rings. The monoisotopic (exact) mass is 134 g/mol. The van der Waals surface area contributed by atoms with Gasteiger partial charge in [0, 0.05) is 11.1 Å². The zero-order valence-electron chi connectivity index (χ0n) is 4.52. The predicted molar refractivity (Wildman–Crippen MR) is 31.9 cm³/mol. The van der Waals surface area contributed by atoms with Gasteiger partial charge >= 0.3 is 5.97 Å². The summed E-state index contributed by atoms with van der Waals surface area (Å²) in [5.74, 6) is -0.942. The van der Waals surface area contributed by atoms with E-state index in [1.165, 1.54) is 0 Å². The van der Waals surface area contributed by atoms with E-state index in [1.54, 1.807) is 6.92 Å². The fourth-order valence-electron chi connectivity index (χ4n) is 0.275. The molecule has 0 aromatic carbocycles. The average molecular weight is 135 g/mol. The average Bonchev–Trinajstić information content (AvgIpc) is 1.69. The highest BCUT2D eigenvalue weighted by Gasteiger charge is 2.00. The van der Waals surface area contributed by atoms with Crippen molar-refractivity contribution in [2.75, 3.05) is 0 Å². The normalized spacial score (nSPS) is 11.5. The zero-order chi connectivity index (χ0) is 6.57. The van der Waals surface area contributed by atoms with Gasteiger partial charge in [-0.3, -0.25) is 0 Å². The molecular weight excluding hydrogens is 128 g/mol. The van der Waals surface area contributed by atoms with Crippen molar-refractivity contribution in [1.82, 2.24) is 0 Å². The van der Waals surface area contributed by atoms with E-state index in [0.29, 0.717) is 6.42 Å².